The van der Waals surface area contributed by atoms with E-state index in [1.807, 2.05) is 0 Å². The Hall–Kier alpha value is -4.06. The molecule has 32 heavy (non-hydrogen) atoms. The third-order valence-corrected chi connectivity index (χ3v) is 4.18. The Morgan fingerprint density at radius 1 is 0.906 bits per heavy atom. The lowest BCUT2D eigenvalue weighted by Crippen LogP contribution is -2.41. The maximum absolute atomic E-state index is 12.6. The van der Waals surface area contributed by atoms with Crippen LogP contribution in [0, 0.1) is 11.5 Å². The van der Waals surface area contributed by atoms with Crippen LogP contribution < -0.4 is 9.47 Å². The number of carbonyl (C=O) groups is 3. The van der Waals surface area contributed by atoms with Crippen LogP contribution in [0.15, 0.2) is 60.7 Å². The smallest absolute Gasteiger partial charge is 0.424 e. The van der Waals surface area contributed by atoms with Crippen molar-refractivity contribution in [3.63, 3.8) is 0 Å². The Morgan fingerprint density at radius 2 is 1.44 bits per heavy atom. The first-order valence-electron chi connectivity index (χ1n) is 10.1. The van der Waals surface area contributed by atoms with Gasteiger partial charge in [0.25, 0.3) is 6.26 Å². The van der Waals surface area contributed by atoms with Gasteiger partial charge in [-0.1, -0.05) is 36.4 Å². The van der Waals surface area contributed by atoms with Gasteiger partial charge in [-0.15, -0.1) is 0 Å². The summed E-state index contributed by atoms with van der Waals surface area (Å²) in [5.41, 5.74) is 0. The monoisotopic (exact) mass is 440 g/mol. The number of unbranched alkanes of at least 4 members (excludes halogenated alkanes) is 1. The third kappa shape index (κ3) is 7.99. The van der Waals surface area contributed by atoms with Gasteiger partial charge in [-0.05, 0) is 50.5 Å². The quantitative estimate of drug-likeness (QED) is 0.305. The highest BCUT2D eigenvalue weighted by atomic mass is 16.6. The standard InChI is InChI=1S/C23H24N2O7/c1-2-29-21(26)20(30-17-24)15-9-10-16-25(22(27)31-18-11-5-3-6-12-18)23(28)32-19-13-7-4-8-14-19/h3-8,11-14,20H,2,9-10,15-16H2,1H3. The van der Waals surface area contributed by atoms with Gasteiger partial charge in [-0.2, -0.15) is 5.26 Å². The molecule has 2 rings (SSSR count). The molecule has 0 heterocycles. The first-order valence-corrected chi connectivity index (χ1v) is 10.1. The molecule has 9 heteroatoms. The van der Waals surface area contributed by atoms with Gasteiger partial charge in [0.05, 0.1) is 6.61 Å². The number of benzene rings is 2. The van der Waals surface area contributed by atoms with Crippen LogP contribution in [0.2, 0.25) is 0 Å². The molecule has 9 nitrogen and oxygen atoms in total. The number of rotatable bonds is 10. The Bertz CT molecular complexity index is 859. The van der Waals surface area contributed by atoms with Crippen LogP contribution in [0.5, 0.6) is 11.5 Å². The van der Waals surface area contributed by atoms with Gasteiger partial charge in [0.1, 0.15) is 11.5 Å². The minimum Gasteiger partial charge on any atom is -0.463 e. The maximum Gasteiger partial charge on any atom is 0.424 e. The Balaban J connectivity index is 2.00. The summed E-state index contributed by atoms with van der Waals surface area (Å²) in [5, 5.41) is 8.71. The average molecular weight is 440 g/mol. The summed E-state index contributed by atoms with van der Waals surface area (Å²) in [7, 11) is 0. The second-order valence-electron chi connectivity index (χ2n) is 6.46. The second kappa shape index (κ2) is 13.3. The van der Waals surface area contributed by atoms with E-state index in [1.165, 1.54) is 6.26 Å². The number of para-hydroxylation sites is 2. The summed E-state index contributed by atoms with van der Waals surface area (Å²) in [5.74, 6) is -0.0857. The van der Waals surface area contributed by atoms with E-state index < -0.39 is 24.3 Å². The van der Waals surface area contributed by atoms with E-state index in [4.69, 9.17) is 24.2 Å². The van der Waals surface area contributed by atoms with Gasteiger partial charge in [-0.25, -0.2) is 19.3 Å². The number of amides is 2. The maximum atomic E-state index is 12.6. The van der Waals surface area contributed by atoms with Crippen molar-refractivity contribution in [2.24, 2.45) is 0 Å². The van der Waals surface area contributed by atoms with Gasteiger partial charge in [0, 0.05) is 6.54 Å². The van der Waals surface area contributed by atoms with Crippen LogP contribution >= 0.6 is 0 Å². The zero-order valence-corrected chi connectivity index (χ0v) is 17.6. The van der Waals surface area contributed by atoms with E-state index in [-0.39, 0.29) is 31.1 Å². The van der Waals surface area contributed by atoms with Crippen LogP contribution in [0.4, 0.5) is 9.59 Å². The molecule has 0 bridgehead atoms. The highest BCUT2D eigenvalue weighted by Crippen LogP contribution is 2.15. The molecule has 168 valence electrons. The summed E-state index contributed by atoms with van der Waals surface area (Å²) in [6.45, 7) is 1.78. The molecule has 2 aromatic rings. The molecule has 0 aromatic heterocycles. The van der Waals surface area contributed by atoms with Crippen molar-refractivity contribution in [1.29, 1.82) is 5.26 Å². The SMILES string of the molecule is CCOC(=O)C(CCCCN(C(=O)Oc1ccccc1)C(=O)Oc1ccccc1)OC#N. The highest BCUT2D eigenvalue weighted by Gasteiger charge is 2.26. The zero-order valence-electron chi connectivity index (χ0n) is 17.6. The molecule has 0 N–H and O–H groups in total. The summed E-state index contributed by atoms with van der Waals surface area (Å²) in [4.78, 5) is 37.9. The number of carbonyl (C=O) groups excluding carboxylic acids is 3. The van der Waals surface area contributed by atoms with E-state index in [0.29, 0.717) is 12.8 Å². The van der Waals surface area contributed by atoms with Gasteiger partial charge >= 0.3 is 18.2 Å². The van der Waals surface area contributed by atoms with Crippen LogP contribution in [0.1, 0.15) is 26.2 Å². The van der Waals surface area contributed by atoms with Crippen molar-refractivity contribution >= 4 is 18.2 Å². The summed E-state index contributed by atoms with van der Waals surface area (Å²) >= 11 is 0. The van der Waals surface area contributed by atoms with Crippen molar-refractivity contribution in [1.82, 2.24) is 4.90 Å². The predicted molar refractivity (Wildman–Crippen MR) is 113 cm³/mol. The lowest BCUT2D eigenvalue weighted by atomic mass is 10.1. The van der Waals surface area contributed by atoms with Gasteiger partial charge in [-0.3, -0.25) is 0 Å². The van der Waals surface area contributed by atoms with Crippen molar-refractivity contribution in [3.05, 3.63) is 60.7 Å². The van der Waals surface area contributed by atoms with Crippen LogP contribution in [0.25, 0.3) is 0 Å². The summed E-state index contributed by atoms with van der Waals surface area (Å²) < 4.78 is 20.2. The topological polar surface area (TPSA) is 115 Å². The fraction of sp³-hybridized carbons (Fsp3) is 0.304. The fourth-order valence-electron chi connectivity index (χ4n) is 2.67. The molecule has 2 aromatic carbocycles. The van der Waals surface area contributed by atoms with Gasteiger partial charge in [0.15, 0.2) is 0 Å². The normalized spacial score (nSPS) is 10.9. The van der Waals surface area contributed by atoms with Crippen molar-refractivity contribution in [3.8, 4) is 17.8 Å². The first-order chi connectivity index (χ1) is 15.5. The number of imide groups is 1. The fourth-order valence-corrected chi connectivity index (χ4v) is 2.67. The van der Waals surface area contributed by atoms with Gasteiger partial charge < -0.3 is 18.9 Å². The van der Waals surface area contributed by atoms with Crippen molar-refractivity contribution in [2.75, 3.05) is 13.2 Å². The average Bonchev–Trinajstić information content (AvgIpc) is 2.79. The molecular weight excluding hydrogens is 416 g/mol. The molecule has 1 unspecified atom stereocenters. The number of ether oxygens (including phenoxy) is 4. The van der Waals surface area contributed by atoms with Crippen molar-refractivity contribution in [2.45, 2.75) is 32.3 Å². The molecule has 0 aliphatic carbocycles. The number of nitrogens with zero attached hydrogens (tertiary/aromatic N) is 2. The predicted octanol–water partition coefficient (Wildman–Crippen LogP) is 4.29. The van der Waals surface area contributed by atoms with Crippen LogP contribution in [-0.4, -0.2) is 42.3 Å². The number of hydrogen-bond acceptors (Lipinski definition) is 8. The molecule has 0 saturated carbocycles. The molecule has 0 aliphatic rings. The second-order valence-corrected chi connectivity index (χ2v) is 6.46. The molecule has 0 radical (unpaired) electrons. The van der Waals surface area contributed by atoms with Crippen LogP contribution in [-0.2, 0) is 14.3 Å². The van der Waals surface area contributed by atoms with E-state index in [9.17, 15) is 14.4 Å². The molecule has 0 fully saturated rings. The largest absolute Gasteiger partial charge is 0.463 e. The Labute approximate surface area is 186 Å². The Morgan fingerprint density at radius 3 is 1.91 bits per heavy atom. The van der Waals surface area contributed by atoms with E-state index >= 15 is 0 Å². The minimum atomic E-state index is -1.04. The van der Waals surface area contributed by atoms with Crippen molar-refractivity contribution < 1.29 is 33.3 Å². The lowest BCUT2D eigenvalue weighted by molar-refractivity contribution is -0.153. The Kier molecular flexibility index (Phi) is 10.1. The third-order valence-electron chi connectivity index (χ3n) is 4.18. The molecule has 0 spiro atoms. The minimum absolute atomic E-state index is 0.0283. The molecule has 0 aliphatic heterocycles. The zero-order chi connectivity index (χ0) is 23.2. The molecule has 2 amide bonds. The van der Waals surface area contributed by atoms with E-state index in [2.05, 4.69) is 0 Å². The van der Waals surface area contributed by atoms with E-state index in [0.717, 1.165) is 4.90 Å². The molecule has 1 atom stereocenters. The van der Waals surface area contributed by atoms with Crippen LogP contribution in [0.3, 0.4) is 0 Å². The highest BCUT2D eigenvalue weighted by molar-refractivity contribution is 5.89. The molecule has 0 saturated heterocycles. The van der Waals surface area contributed by atoms with Gasteiger partial charge in [0.2, 0.25) is 6.10 Å². The number of esters is 1. The summed E-state index contributed by atoms with van der Waals surface area (Å²) in [6.07, 6.45) is -0.470. The summed E-state index contributed by atoms with van der Waals surface area (Å²) in [6, 6.07) is 16.6. The lowest BCUT2D eigenvalue weighted by Gasteiger charge is -2.20. The van der Waals surface area contributed by atoms with E-state index in [1.54, 1.807) is 67.6 Å². The number of hydrogen-bond donors (Lipinski definition) is 0. The molecular formula is C23H24N2O7. The number of nitriles is 1. The first kappa shape index (κ1) is 24.2.